The Morgan fingerprint density at radius 2 is 1.41 bits per heavy atom. The largest absolute Gasteiger partial charge is 0.207 e. The average molecular weight is 389 g/mol. The lowest BCUT2D eigenvalue weighted by Crippen LogP contribution is -2.30. The summed E-state index contributed by atoms with van der Waals surface area (Å²) in [5.41, 5.74) is 3.37. The molecule has 4 atom stereocenters. The monoisotopic (exact) mass is 388 g/mol. The Kier molecular flexibility index (Phi) is 6.70. The van der Waals surface area contributed by atoms with Gasteiger partial charge in [0.1, 0.15) is 5.82 Å². The molecular formula is C28H33F. The zero-order valence-corrected chi connectivity index (χ0v) is 17.7. The lowest BCUT2D eigenvalue weighted by molar-refractivity contribution is 0.113. The highest BCUT2D eigenvalue weighted by atomic mass is 19.1. The number of rotatable bonds is 4. The summed E-state index contributed by atoms with van der Waals surface area (Å²) >= 11 is 0. The molecule has 0 heterocycles. The summed E-state index contributed by atoms with van der Waals surface area (Å²) in [5.74, 6) is 9.78. The molecule has 0 spiro atoms. The maximum absolute atomic E-state index is 13.0. The molecule has 1 heteroatoms. The van der Waals surface area contributed by atoms with Gasteiger partial charge in [0.05, 0.1) is 0 Å². The first-order valence-corrected chi connectivity index (χ1v) is 11.6. The van der Waals surface area contributed by atoms with Crippen LogP contribution in [0.15, 0.2) is 48.5 Å². The van der Waals surface area contributed by atoms with Gasteiger partial charge in [-0.1, -0.05) is 56.6 Å². The van der Waals surface area contributed by atoms with Crippen molar-refractivity contribution in [1.82, 2.24) is 0 Å². The van der Waals surface area contributed by atoms with E-state index in [9.17, 15) is 4.39 Å². The van der Waals surface area contributed by atoms with E-state index < -0.39 is 0 Å². The van der Waals surface area contributed by atoms with E-state index in [1.54, 1.807) is 12.1 Å². The highest BCUT2D eigenvalue weighted by molar-refractivity contribution is 5.43. The molecule has 2 aliphatic rings. The van der Waals surface area contributed by atoms with Gasteiger partial charge in [-0.15, -0.1) is 0 Å². The predicted molar refractivity (Wildman–Crippen MR) is 119 cm³/mol. The molecule has 2 fully saturated rings. The van der Waals surface area contributed by atoms with Crippen molar-refractivity contribution in [3.8, 4) is 11.8 Å². The molecule has 0 N–H and O–H groups in total. The quantitative estimate of drug-likeness (QED) is 0.470. The molecule has 0 saturated heterocycles. The van der Waals surface area contributed by atoms with Crippen molar-refractivity contribution in [2.45, 2.75) is 70.6 Å². The Hall–Kier alpha value is -2.07. The van der Waals surface area contributed by atoms with Crippen molar-refractivity contribution in [3.05, 3.63) is 71.0 Å². The third-order valence-electron chi connectivity index (χ3n) is 7.27. The Morgan fingerprint density at radius 1 is 0.793 bits per heavy atom. The topological polar surface area (TPSA) is 0 Å². The Bertz CT molecular complexity index is 837. The fourth-order valence-electron chi connectivity index (χ4n) is 5.56. The van der Waals surface area contributed by atoms with Crippen LogP contribution in [-0.4, -0.2) is 0 Å². The van der Waals surface area contributed by atoms with Gasteiger partial charge in [-0.25, -0.2) is 4.39 Å². The van der Waals surface area contributed by atoms with Crippen LogP contribution in [0.25, 0.3) is 0 Å². The minimum Gasteiger partial charge on any atom is -0.207 e. The number of fused-ring (bicyclic) bond motifs is 1. The molecule has 0 bridgehead atoms. The van der Waals surface area contributed by atoms with Gasteiger partial charge in [-0.2, -0.15) is 0 Å². The van der Waals surface area contributed by atoms with Crippen LogP contribution in [0.5, 0.6) is 0 Å². The van der Waals surface area contributed by atoms with E-state index in [0.717, 1.165) is 34.8 Å². The molecule has 152 valence electrons. The van der Waals surface area contributed by atoms with Crippen LogP contribution in [0.2, 0.25) is 0 Å². The molecule has 29 heavy (non-hydrogen) atoms. The van der Waals surface area contributed by atoms with Gasteiger partial charge in [-0.3, -0.25) is 0 Å². The van der Waals surface area contributed by atoms with Gasteiger partial charge < -0.3 is 0 Å². The minimum atomic E-state index is -0.218. The fourth-order valence-corrected chi connectivity index (χ4v) is 5.56. The standard InChI is InChI=1S/C28H33F/c1-2-3-4-23-9-14-27-20-26(16-15-25(27)19-23)24-12-7-21(8-13-24)5-6-22-10-17-28(29)18-11-22/h7-8,10-13,17-18,23,25-27H,2-4,9,14-16,19-20H2,1H3. The molecule has 4 unspecified atom stereocenters. The van der Waals surface area contributed by atoms with Gasteiger partial charge >= 0.3 is 0 Å². The van der Waals surface area contributed by atoms with E-state index in [0.29, 0.717) is 0 Å². The van der Waals surface area contributed by atoms with Crippen LogP contribution >= 0.6 is 0 Å². The summed E-state index contributed by atoms with van der Waals surface area (Å²) < 4.78 is 13.0. The highest BCUT2D eigenvalue weighted by Crippen LogP contribution is 2.48. The Balaban J connectivity index is 1.34. The van der Waals surface area contributed by atoms with E-state index >= 15 is 0 Å². The summed E-state index contributed by atoms with van der Waals surface area (Å²) in [7, 11) is 0. The second-order valence-corrected chi connectivity index (χ2v) is 9.23. The normalized spacial score (nSPS) is 26.3. The van der Waals surface area contributed by atoms with E-state index in [-0.39, 0.29) is 5.82 Å². The summed E-state index contributed by atoms with van der Waals surface area (Å²) in [4.78, 5) is 0. The second-order valence-electron chi connectivity index (χ2n) is 9.23. The SMILES string of the molecule is CCCCC1CCC2CC(c3ccc(C#Cc4ccc(F)cc4)cc3)CCC2C1. The third-order valence-corrected chi connectivity index (χ3v) is 7.27. The lowest BCUT2D eigenvalue weighted by Gasteiger charge is -2.42. The summed E-state index contributed by atoms with van der Waals surface area (Å²) in [6, 6.07) is 15.2. The zero-order valence-electron chi connectivity index (χ0n) is 17.7. The van der Waals surface area contributed by atoms with Crippen molar-refractivity contribution < 1.29 is 4.39 Å². The Morgan fingerprint density at radius 3 is 2.10 bits per heavy atom. The zero-order chi connectivity index (χ0) is 20.1. The summed E-state index contributed by atoms with van der Waals surface area (Å²) in [5, 5.41) is 0. The first-order chi connectivity index (χ1) is 14.2. The van der Waals surface area contributed by atoms with Crippen LogP contribution in [-0.2, 0) is 0 Å². The fraction of sp³-hybridized carbons (Fsp3) is 0.500. The Labute approximate surface area is 175 Å². The number of unbranched alkanes of at least 4 members (excludes halogenated alkanes) is 1. The van der Waals surface area contributed by atoms with Crippen LogP contribution in [0.1, 0.15) is 87.3 Å². The first kappa shape index (κ1) is 20.2. The predicted octanol–water partition coefficient (Wildman–Crippen LogP) is 7.72. The van der Waals surface area contributed by atoms with E-state index in [4.69, 9.17) is 0 Å². The first-order valence-electron chi connectivity index (χ1n) is 11.6. The summed E-state index contributed by atoms with van der Waals surface area (Å²) in [6.07, 6.45) is 12.8. The molecular weight excluding hydrogens is 355 g/mol. The van der Waals surface area contributed by atoms with Crippen molar-refractivity contribution in [2.75, 3.05) is 0 Å². The van der Waals surface area contributed by atoms with Crippen LogP contribution in [0.3, 0.4) is 0 Å². The molecule has 4 rings (SSSR count). The molecule has 2 saturated carbocycles. The molecule has 2 aromatic rings. The molecule has 2 aliphatic carbocycles. The van der Waals surface area contributed by atoms with Gasteiger partial charge in [0.2, 0.25) is 0 Å². The summed E-state index contributed by atoms with van der Waals surface area (Å²) in [6.45, 7) is 2.32. The smallest absolute Gasteiger partial charge is 0.123 e. The molecule has 0 radical (unpaired) electrons. The molecule has 0 nitrogen and oxygen atoms in total. The second kappa shape index (κ2) is 9.62. The van der Waals surface area contributed by atoms with Gasteiger partial charge in [0.25, 0.3) is 0 Å². The lowest BCUT2D eigenvalue weighted by atomic mass is 9.63. The maximum Gasteiger partial charge on any atom is 0.123 e. The number of hydrogen-bond acceptors (Lipinski definition) is 0. The van der Waals surface area contributed by atoms with Crippen molar-refractivity contribution in [2.24, 2.45) is 17.8 Å². The van der Waals surface area contributed by atoms with E-state index in [2.05, 4.69) is 43.0 Å². The minimum absolute atomic E-state index is 0.218. The van der Waals surface area contributed by atoms with Crippen LogP contribution < -0.4 is 0 Å². The molecule has 2 aromatic carbocycles. The van der Waals surface area contributed by atoms with Crippen molar-refractivity contribution in [1.29, 1.82) is 0 Å². The average Bonchev–Trinajstić information content (AvgIpc) is 2.77. The van der Waals surface area contributed by atoms with Crippen LogP contribution in [0, 0.1) is 35.4 Å². The van der Waals surface area contributed by atoms with Gasteiger partial charge in [0.15, 0.2) is 0 Å². The van der Waals surface area contributed by atoms with Gasteiger partial charge in [0, 0.05) is 11.1 Å². The maximum atomic E-state index is 13.0. The number of halogens is 1. The number of hydrogen-bond donors (Lipinski definition) is 0. The third kappa shape index (κ3) is 5.30. The highest BCUT2D eigenvalue weighted by Gasteiger charge is 2.35. The van der Waals surface area contributed by atoms with Crippen molar-refractivity contribution in [3.63, 3.8) is 0 Å². The number of benzene rings is 2. The van der Waals surface area contributed by atoms with Gasteiger partial charge in [-0.05, 0) is 97.7 Å². The van der Waals surface area contributed by atoms with E-state index in [1.165, 1.54) is 75.5 Å². The molecule has 0 aromatic heterocycles. The van der Waals surface area contributed by atoms with Crippen LogP contribution in [0.4, 0.5) is 4.39 Å². The molecule has 0 amide bonds. The van der Waals surface area contributed by atoms with E-state index in [1.807, 2.05) is 0 Å². The van der Waals surface area contributed by atoms with Crippen molar-refractivity contribution >= 4 is 0 Å². The molecule has 0 aliphatic heterocycles.